The number of morpholine rings is 1. The van der Waals surface area contributed by atoms with E-state index in [9.17, 15) is 8.42 Å². The number of hydrogen-bond acceptors (Lipinski definition) is 3. The Labute approximate surface area is 79.5 Å². The maximum absolute atomic E-state index is 11.7. The molecule has 1 fully saturated rings. The molecule has 13 heavy (non-hydrogen) atoms. The summed E-state index contributed by atoms with van der Waals surface area (Å²) in [6.07, 6.45) is 0. The molecule has 0 aromatic carbocycles. The quantitative estimate of drug-likeness (QED) is 0.615. The van der Waals surface area contributed by atoms with Crippen LogP contribution in [0.1, 0.15) is 6.92 Å². The van der Waals surface area contributed by atoms with Gasteiger partial charge in [0.1, 0.15) is 0 Å². The summed E-state index contributed by atoms with van der Waals surface area (Å²) in [6.45, 7) is 3.26. The molecule has 1 aliphatic heterocycles. The fraction of sp³-hybridized carbons (Fsp3) is 1.00. The van der Waals surface area contributed by atoms with Crippen molar-refractivity contribution in [2.75, 3.05) is 33.9 Å². The molecule has 1 atom stereocenters. The van der Waals surface area contributed by atoms with Crippen molar-refractivity contribution >= 4 is 10.2 Å². The van der Waals surface area contributed by atoms with Gasteiger partial charge < -0.3 is 4.74 Å². The molecule has 78 valence electrons. The van der Waals surface area contributed by atoms with Gasteiger partial charge in [-0.2, -0.15) is 17.0 Å². The molecule has 0 aromatic rings. The fourth-order valence-electron chi connectivity index (χ4n) is 1.26. The van der Waals surface area contributed by atoms with Gasteiger partial charge in [0.05, 0.1) is 13.2 Å². The second-order valence-electron chi connectivity index (χ2n) is 3.32. The largest absolute Gasteiger partial charge is 0.378 e. The highest BCUT2D eigenvalue weighted by molar-refractivity contribution is 7.86. The third-order valence-electron chi connectivity index (χ3n) is 2.06. The van der Waals surface area contributed by atoms with E-state index in [4.69, 9.17) is 4.74 Å². The van der Waals surface area contributed by atoms with Gasteiger partial charge >= 0.3 is 0 Å². The smallest absolute Gasteiger partial charge is 0.281 e. The Morgan fingerprint density at radius 3 is 2.54 bits per heavy atom. The van der Waals surface area contributed by atoms with Crippen molar-refractivity contribution in [1.29, 1.82) is 0 Å². The summed E-state index contributed by atoms with van der Waals surface area (Å²) in [5.41, 5.74) is 0. The molecule has 1 aliphatic rings. The molecule has 0 saturated carbocycles. The van der Waals surface area contributed by atoms with Crippen molar-refractivity contribution in [2.45, 2.75) is 13.0 Å². The normalized spacial score (nSPS) is 26.6. The second-order valence-corrected chi connectivity index (χ2v) is 5.42. The first kappa shape index (κ1) is 10.9. The van der Waals surface area contributed by atoms with Crippen LogP contribution in [0.25, 0.3) is 0 Å². The Hall–Kier alpha value is -0.170. The first-order chi connectivity index (χ1) is 5.96. The van der Waals surface area contributed by atoms with Gasteiger partial charge in [-0.25, -0.2) is 0 Å². The molecule has 0 spiro atoms. The second kappa shape index (κ2) is 3.91. The van der Waals surface area contributed by atoms with Crippen LogP contribution in [0.4, 0.5) is 0 Å². The number of nitrogens with zero attached hydrogens (tertiary/aromatic N) is 2. The molecule has 0 unspecified atom stereocenters. The molecule has 0 bridgehead atoms. The minimum atomic E-state index is -3.26. The van der Waals surface area contributed by atoms with Crippen LogP contribution >= 0.6 is 0 Å². The first-order valence-corrected chi connectivity index (χ1v) is 5.63. The highest BCUT2D eigenvalue weighted by Gasteiger charge is 2.31. The third-order valence-corrected chi connectivity index (χ3v) is 4.12. The van der Waals surface area contributed by atoms with E-state index in [-0.39, 0.29) is 6.04 Å². The topological polar surface area (TPSA) is 49.9 Å². The Balaban J connectivity index is 2.80. The maximum Gasteiger partial charge on any atom is 0.281 e. The standard InChI is InChI=1S/C7H16N2O3S/c1-7-6-12-5-4-9(7)13(10,11)8(2)3/h7H,4-6H2,1-3H3/t7-/m1/s1. The van der Waals surface area contributed by atoms with Crippen LogP contribution in [0.2, 0.25) is 0 Å². The van der Waals surface area contributed by atoms with Crippen molar-refractivity contribution in [3.8, 4) is 0 Å². The van der Waals surface area contributed by atoms with Crippen LogP contribution in [0.15, 0.2) is 0 Å². The zero-order valence-corrected chi connectivity index (χ0v) is 9.04. The SMILES string of the molecule is C[C@@H]1COCCN1S(=O)(=O)N(C)C. The molecular formula is C7H16N2O3S. The Bertz CT molecular complexity index is 263. The van der Waals surface area contributed by atoms with Gasteiger partial charge in [0.15, 0.2) is 0 Å². The van der Waals surface area contributed by atoms with Gasteiger partial charge in [0.25, 0.3) is 10.2 Å². The maximum atomic E-state index is 11.7. The predicted molar refractivity (Wildman–Crippen MR) is 49.6 cm³/mol. The summed E-state index contributed by atoms with van der Waals surface area (Å²) in [4.78, 5) is 0. The molecule has 5 nitrogen and oxygen atoms in total. The molecule has 0 aromatic heterocycles. The van der Waals surface area contributed by atoms with Crippen LogP contribution in [0.5, 0.6) is 0 Å². The van der Waals surface area contributed by atoms with Crippen LogP contribution in [0, 0.1) is 0 Å². The van der Waals surface area contributed by atoms with Crippen LogP contribution in [0.3, 0.4) is 0 Å². The van der Waals surface area contributed by atoms with E-state index < -0.39 is 10.2 Å². The van der Waals surface area contributed by atoms with Gasteiger partial charge in [0.2, 0.25) is 0 Å². The van der Waals surface area contributed by atoms with E-state index in [0.717, 1.165) is 0 Å². The summed E-state index contributed by atoms with van der Waals surface area (Å²) in [5, 5.41) is 0. The predicted octanol–water partition coefficient (Wildman–Crippen LogP) is -0.486. The van der Waals surface area contributed by atoms with E-state index in [1.807, 2.05) is 6.92 Å². The van der Waals surface area contributed by atoms with E-state index in [1.165, 1.54) is 22.7 Å². The zero-order chi connectivity index (χ0) is 10.1. The average molecular weight is 208 g/mol. The lowest BCUT2D eigenvalue weighted by Crippen LogP contribution is -2.51. The van der Waals surface area contributed by atoms with Gasteiger partial charge in [-0.05, 0) is 6.92 Å². The van der Waals surface area contributed by atoms with Crippen LogP contribution in [-0.4, -0.2) is 56.9 Å². The highest BCUT2D eigenvalue weighted by Crippen LogP contribution is 2.13. The molecule has 0 amide bonds. The summed E-state index contributed by atoms with van der Waals surface area (Å²) in [7, 11) is -0.184. The van der Waals surface area contributed by atoms with Crippen molar-refractivity contribution in [3.63, 3.8) is 0 Å². The molecule has 1 saturated heterocycles. The molecular weight excluding hydrogens is 192 g/mol. The molecule has 1 rings (SSSR count). The van der Waals surface area contributed by atoms with Crippen molar-refractivity contribution in [2.24, 2.45) is 0 Å². The van der Waals surface area contributed by atoms with Gasteiger partial charge in [-0.3, -0.25) is 0 Å². The van der Waals surface area contributed by atoms with Crippen LogP contribution in [-0.2, 0) is 14.9 Å². The third kappa shape index (κ3) is 2.19. The minimum Gasteiger partial charge on any atom is -0.378 e. The molecule has 0 radical (unpaired) electrons. The Kier molecular flexibility index (Phi) is 3.28. The van der Waals surface area contributed by atoms with Gasteiger partial charge in [-0.15, -0.1) is 0 Å². The Morgan fingerprint density at radius 2 is 2.08 bits per heavy atom. The monoisotopic (exact) mass is 208 g/mol. The molecule has 0 aliphatic carbocycles. The number of hydrogen-bond donors (Lipinski definition) is 0. The van der Waals surface area contributed by atoms with E-state index >= 15 is 0 Å². The Morgan fingerprint density at radius 1 is 1.46 bits per heavy atom. The molecule has 0 N–H and O–H groups in total. The fourth-order valence-corrected chi connectivity index (χ4v) is 2.50. The average Bonchev–Trinajstić information content (AvgIpc) is 2.04. The van der Waals surface area contributed by atoms with Crippen molar-refractivity contribution in [3.05, 3.63) is 0 Å². The minimum absolute atomic E-state index is 0.0684. The van der Waals surface area contributed by atoms with E-state index in [1.54, 1.807) is 0 Å². The first-order valence-electron chi connectivity index (χ1n) is 4.23. The lowest BCUT2D eigenvalue weighted by Gasteiger charge is -2.33. The lowest BCUT2D eigenvalue weighted by molar-refractivity contribution is 0.0371. The zero-order valence-electron chi connectivity index (χ0n) is 8.23. The number of rotatable bonds is 2. The molecule has 6 heteroatoms. The van der Waals surface area contributed by atoms with Crippen molar-refractivity contribution < 1.29 is 13.2 Å². The lowest BCUT2D eigenvalue weighted by atomic mass is 10.3. The van der Waals surface area contributed by atoms with Crippen molar-refractivity contribution in [1.82, 2.24) is 8.61 Å². The molecule has 1 heterocycles. The number of ether oxygens (including phenoxy) is 1. The van der Waals surface area contributed by atoms with Crippen LogP contribution < -0.4 is 0 Å². The van der Waals surface area contributed by atoms with Gasteiger partial charge in [0, 0.05) is 26.7 Å². The van der Waals surface area contributed by atoms with E-state index in [2.05, 4.69) is 0 Å². The summed E-state index contributed by atoms with van der Waals surface area (Å²) in [6, 6.07) is -0.0684. The highest BCUT2D eigenvalue weighted by atomic mass is 32.2. The summed E-state index contributed by atoms with van der Waals surface area (Å²) >= 11 is 0. The summed E-state index contributed by atoms with van der Waals surface area (Å²) in [5.74, 6) is 0. The van der Waals surface area contributed by atoms with E-state index in [0.29, 0.717) is 19.8 Å². The summed E-state index contributed by atoms with van der Waals surface area (Å²) < 4.78 is 31.2. The van der Waals surface area contributed by atoms with Gasteiger partial charge in [-0.1, -0.05) is 0 Å².